The third-order valence-electron chi connectivity index (χ3n) is 5.81. The van der Waals surface area contributed by atoms with Gasteiger partial charge < -0.3 is 37.2 Å². The van der Waals surface area contributed by atoms with Gasteiger partial charge in [-0.05, 0) is 63.3 Å². The van der Waals surface area contributed by atoms with E-state index in [2.05, 4.69) is 10.6 Å². The van der Waals surface area contributed by atoms with Gasteiger partial charge in [0.25, 0.3) is 0 Å². The van der Waals surface area contributed by atoms with Gasteiger partial charge in [0, 0.05) is 13.0 Å². The topological polar surface area (TPSA) is 188 Å². The smallest absolute Gasteiger partial charge is 0.326 e. The van der Waals surface area contributed by atoms with Crippen molar-refractivity contribution in [2.45, 2.75) is 69.6 Å². The zero-order chi connectivity index (χ0) is 25.3. The second-order valence-corrected chi connectivity index (χ2v) is 8.59. The summed E-state index contributed by atoms with van der Waals surface area (Å²) in [7, 11) is 0. The van der Waals surface area contributed by atoms with Crippen molar-refractivity contribution < 1.29 is 29.4 Å². The molecule has 0 spiro atoms. The first-order valence-corrected chi connectivity index (χ1v) is 11.5. The van der Waals surface area contributed by atoms with Gasteiger partial charge in [-0.25, -0.2) is 4.79 Å². The second kappa shape index (κ2) is 12.9. The number of nitrogens with zero attached hydrogens (tertiary/aromatic N) is 1. The fraction of sp³-hybridized carbons (Fsp3) is 0.565. The van der Waals surface area contributed by atoms with Gasteiger partial charge in [-0.3, -0.25) is 14.4 Å². The van der Waals surface area contributed by atoms with Gasteiger partial charge in [-0.2, -0.15) is 0 Å². The number of hydrogen-bond acceptors (Lipinski definition) is 7. The highest BCUT2D eigenvalue weighted by Gasteiger charge is 2.38. The average Bonchev–Trinajstić information content (AvgIpc) is 3.29. The maximum atomic E-state index is 13.2. The number of phenolic OH excluding ortho intramolecular Hbond substituents is 1. The minimum absolute atomic E-state index is 0.0635. The first-order chi connectivity index (χ1) is 16.1. The van der Waals surface area contributed by atoms with E-state index in [9.17, 15) is 29.4 Å². The molecule has 188 valence electrons. The lowest BCUT2D eigenvalue weighted by Crippen LogP contribution is -2.57. The zero-order valence-corrected chi connectivity index (χ0v) is 19.4. The Morgan fingerprint density at radius 3 is 2.32 bits per heavy atom. The molecule has 0 saturated carbocycles. The van der Waals surface area contributed by atoms with Crippen molar-refractivity contribution >= 4 is 23.7 Å². The molecule has 0 bridgehead atoms. The van der Waals surface area contributed by atoms with Gasteiger partial charge in [-0.15, -0.1) is 0 Å². The minimum atomic E-state index is -1.08. The molecule has 0 aromatic heterocycles. The summed E-state index contributed by atoms with van der Waals surface area (Å²) < 4.78 is 0. The Hall–Kier alpha value is -3.18. The second-order valence-electron chi connectivity index (χ2n) is 8.59. The van der Waals surface area contributed by atoms with Crippen molar-refractivity contribution in [3.05, 3.63) is 29.8 Å². The molecule has 1 aliphatic heterocycles. The monoisotopic (exact) mass is 477 g/mol. The van der Waals surface area contributed by atoms with Crippen molar-refractivity contribution in [1.29, 1.82) is 0 Å². The van der Waals surface area contributed by atoms with Crippen LogP contribution in [0.25, 0.3) is 0 Å². The van der Waals surface area contributed by atoms with E-state index in [-0.39, 0.29) is 18.6 Å². The molecule has 8 N–H and O–H groups in total. The molecule has 3 amide bonds. The maximum absolute atomic E-state index is 13.2. The fourth-order valence-electron chi connectivity index (χ4n) is 3.89. The predicted octanol–water partition coefficient (Wildman–Crippen LogP) is -0.544. The van der Waals surface area contributed by atoms with Crippen LogP contribution < -0.4 is 22.1 Å². The molecule has 11 nitrogen and oxygen atoms in total. The summed E-state index contributed by atoms with van der Waals surface area (Å²) in [5, 5.41) is 24.3. The Morgan fingerprint density at radius 2 is 1.74 bits per heavy atom. The number of rotatable bonds is 12. The van der Waals surface area contributed by atoms with Crippen LogP contribution in [0.15, 0.2) is 24.3 Å². The summed E-state index contributed by atoms with van der Waals surface area (Å²) in [6.45, 7) is 2.21. The number of amides is 3. The number of nitrogens with one attached hydrogen (secondary N) is 2. The van der Waals surface area contributed by atoms with Crippen molar-refractivity contribution in [2.75, 3.05) is 13.1 Å². The molecular weight excluding hydrogens is 442 g/mol. The van der Waals surface area contributed by atoms with Crippen LogP contribution in [-0.4, -0.2) is 76.1 Å². The lowest BCUT2D eigenvalue weighted by Gasteiger charge is -2.29. The Bertz CT molecular complexity index is 860. The number of carbonyl (C=O) groups is 4. The molecule has 34 heavy (non-hydrogen) atoms. The summed E-state index contributed by atoms with van der Waals surface area (Å²) in [6, 6.07) is 2.44. The molecule has 1 aliphatic rings. The molecule has 1 fully saturated rings. The van der Waals surface area contributed by atoms with E-state index >= 15 is 0 Å². The quantitative estimate of drug-likeness (QED) is 0.216. The molecule has 1 aromatic carbocycles. The molecule has 4 unspecified atom stereocenters. The van der Waals surface area contributed by atoms with Crippen LogP contribution in [0.1, 0.15) is 44.6 Å². The number of nitrogens with two attached hydrogens (primary N) is 2. The van der Waals surface area contributed by atoms with Gasteiger partial charge >= 0.3 is 5.97 Å². The van der Waals surface area contributed by atoms with Crippen molar-refractivity contribution in [3.8, 4) is 5.75 Å². The molecule has 0 aliphatic carbocycles. The highest BCUT2D eigenvalue weighted by atomic mass is 16.4. The van der Waals surface area contributed by atoms with Gasteiger partial charge in [0.15, 0.2) is 0 Å². The minimum Gasteiger partial charge on any atom is -0.508 e. The van der Waals surface area contributed by atoms with E-state index in [4.69, 9.17) is 11.5 Å². The predicted molar refractivity (Wildman–Crippen MR) is 125 cm³/mol. The molecule has 0 radical (unpaired) electrons. The highest BCUT2D eigenvalue weighted by Crippen LogP contribution is 2.20. The summed E-state index contributed by atoms with van der Waals surface area (Å²) in [4.78, 5) is 51.6. The summed E-state index contributed by atoms with van der Waals surface area (Å²) in [5.74, 6) is -2.59. The molecule has 1 saturated heterocycles. The third-order valence-corrected chi connectivity index (χ3v) is 5.81. The van der Waals surface area contributed by atoms with Crippen LogP contribution in [-0.2, 0) is 25.6 Å². The molecule has 1 heterocycles. The SMILES string of the molecule is CC(N)C(=O)NC(Cc1ccc(O)cc1)C(=O)NC(CCCCN)C(=O)N1CCCC1C(=O)O. The number of benzene rings is 1. The Kier molecular flexibility index (Phi) is 10.3. The molecular formula is C23H35N5O6. The number of carboxylic acids is 1. The van der Waals surface area contributed by atoms with Crippen LogP contribution in [0, 0.1) is 0 Å². The number of carboxylic acid groups (broad SMARTS) is 1. The van der Waals surface area contributed by atoms with Crippen molar-refractivity contribution in [1.82, 2.24) is 15.5 Å². The summed E-state index contributed by atoms with van der Waals surface area (Å²) >= 11 is 0. The lowest BCUT2D eigenvalue weighted by molar-refractivity contribution is -0.149. The number of unbranched alkanes of at least 4 members (excludes halogenated alkanes) is 1. The normalized spacial score (nSPS) is 18.1. The Balaban J connectivity index is 2.21. The van der Waals surface area contributed by atoms with E-state index in [1.807, 2.05) is 0 Å². The summed E-state index contributed by atoms with van der Waals surface area (Å²) in [5.41, 5.74) is 11.9. The number of carbonyl (C=O) groups excluding carboxylic acids is 3. The van der Waals surface area contributed by atoms with E-state index in [1.165, 1.54) is 24.0 Å². The number of hydrogen-bond donors (Lipinski definition) is 6. The van der Waals surface area contributed by atoms with Gasteiger partial charge in [0.05, 0.1) is 6.04 Å². The maximum Gasteiger partial charge on any atom is 0.326 e. The van der Waals surface area contributed by atoms with Gasteiger partial charge in [0.2, 0.25) is 17.7 Å². The van der Waals surface area contributed by atoms with Crippen LogP contribution in [0.3, 0.4) is 0 Å². The highest BCUT2D eigenvalue weighted by molar-refractivity contribution is 5.94. The van der Waals surface area contributed by atoms with Gasteiger partial charge in [0.1, 0.15) is 23.9 Å². The molecule has 1 aromatic rings. The Labute approximate surface area is 198 Å². The van der Waals surface area contributed by atoms with Crippen molar-refractivity contribution in [3.63, 3.8) is 0 Å². The average molecular weight is 478 g/mol. The van der Waals surface area contributed by atoms with E-state index in [1.54, 1.807) is 12.1 Å². The van der Waals surface area contributed by atoms with E-state index < -0.39 is 47.9 Å². The third kappa shape index (κ3) is 7.70. The first kappa shape index (κ1) is 27.1. The largest absolute Gasteiger partial charge is 0.508 e. The first-order valence-electron chi connectivity index (χ1n) is 11.5. The molecule has 11 heteroatoms. The molecule has 4 atom stereocenters. The van der Waals surface area contributed by atoms with E-state index in [0.717, 1.165) is 0 Å². The Morgan fingerprint density at radius 1 is 1.09 bits per heavy atom. The van der Waals surface area contributed by atoms with Gasteiger partial charge in [-0.1, -0.05) is 12.1 Å². The van der Waals surface area contributed by atoms with Crippen LogP contribution in [0.5, 0.6) is 5.75 Å². The van der Waals surface area contributed by atoms with Crippen LogP contribution in [0.2, 0.25) is 0 Å². The van der Waals surface area contributed by atoms with Crippen molar-refractivity contribution in [2.24, 2.45) is 11.5 Å². The lowest BCUT2D eigenvalue weighted by atomic mass is 10.0. The standard InChI is InChI=1S/C23H35N5O6/c1-14(25)20(30)27-18(13-15-7-9-16(29)10-8-15)21(31)26-17(5-2-3-11-24)22(32)28-12-4-6-19(28)23(33)34/h7-10,14,17-19,29H,2-6,11-13,24-25H2,1H3,(H,26,31)(H,27,30)(H,33,34). The number of aliphatic carboxylic acids is 1. The zero-order valence-electron chi connectivity index (χ0n) is 19.4. The number of likely N-dealkylation sites (tertiary alicyclic amines) is 1. The number of phenols is 1. The van der Waals surface area contributed by atoms with E-state index in [0.29, 0.717) is 44.3 Å². The van der Waals surface area contributed by atoms with Crippen LogP contribution >= 0.6 is 0 Å². The number of aromatic hydroxyl groups is 1. The summed E-state index contributed by atoms with van der Waals surface area (Å²) in [6.07, 6.45) is 2.53. The van der Waals surface area contributed by atoms with Crippen LogP contribution in [0.4, 0.5) is 0 Å². The fourth-order valence-corrected chi connectivity index (χ4v) is 3.89. The molecule has 2 rings (SSSR count).